The average molecular weight is 265 g/mol. The summed E-state index contributed by atoms with van der Waals surface area (Å²) in [4.78, 5) is 12.3. The van der Waals surface area contributed by atoms with Gasteiger partial charge in [-0.2, -0.15) is 0 Å². The van der Waals surface area contributed by atoms with E-state index in [0.29, 0.717) is 36.8 Å². The maximum Gasteiger partial charge on any atom is 0.258 e. The van der Waals surface area contributed by atoms with Gasteiger partial charge in [-0.1, -0.05) is 13.0 Å². The predicted molar refractivity (Wildman–Crippen MR) is 70.8 cm³/mol. The second-order valence-electron chi connectivity index (χ2n) is 5.02. The summed E-state index contributed by atoms with van der Waals surface area (Å²) in [5, 5.41) is 2.91. The van der Waals surface area contributed by atoms with Gasteiger partial charge in [0.15, 0.2) is 0 Å². The van der Waals surface area contributed by atoms with Crippen LogP contribution in [-0.4, -0.2) is 39.9 Å². The van der Waals surface area contributed by atoms with E-state index in [1.165, 1.54) is 14.2 Å². The van der Waals surface area contributed by atoms with Crippen LogP contribution < -0.4 is 14.8 Å². The van der Waals surface area contributed by atoms with Crippen LogP contribution >= 0.6 is 0 Å². The Bertz CT molecular complexity index is 446. The van der Waals surface area contributed by atoms with Crippen LogP contribution in [0.5, 0.6) is 11.5 Å². The van der Waals surface area contributed by atoms with Crippen molar-refractivity contribution >= 4 is 5.91 Å². The standard InChI is InChI=1S/C14H19NO4/c1-14(8-19-9-14)7-15-13(16)12-10(17-2)5-4-6-11(12)18-3/h4-6H,7-9H2,1-3H3,(H,15,16). The van der Waals surface area contributed by atoms with Crippen molar-refractivity contribution in [3.8, 4) is 11.5 Å². The van der Waals surface area contributed by atoms with Crippen LogP contribution in [-0.2, 0) is 4.74 Å². The van der Waals surface area contributed by atoms with Crippen LogP contribution in [0.15, 0.2) is 18.2 Å². The Kier molecular flexibility index (Phi) is 3.95. The minimum atomic E-state index is -0.192. The quantitative estimate of drug-likeness (QED) is 0.876. The molecule has 0 radical (unpaired) electrons. The number of methoxy groups -OCH3 is 2. The highest BCUT2D eigenvalue weighted by Crippen LogP contribution is 2.29. The number of benzene rings is 1. The second kappa shape index (κ2) is 5.48. The summed E-state index contributed by atoms with van der Waals surface area (Å²) in [5.74, 6) is 0.821. The number of carbonyl (C=O) groups excluding carboxylic acids is 1. The van der Waals surface area contributed by atoms with E-state index >= 15 is 0 Å². The molecule has 5 heteroatoms. The summed E-state index contributed by atoms with van der Waals surface area (Å²) < 4.78 is 15.6. The van der Waals surface area contributed by atoms with Crippen molar-refractivity contribution in [1.29, 1.82) is 0 Å². The predicted octanol–water partition coefficient (Wildman–Crippen LogP) is 1.47. The van der Waals surface area contributed by atoms with E-state index in [1.807, 2.05) is 0 Å². The SMILES string of the molecule is COc1cccc(OC)c1C(=O)NCC1(C)COC1. The maximum atomic E-state index is 12.3. The molecule has 0 bridgehead atoms. The molecule has 1 fully saturated rings. The first-order chi connectivity index (χ1) is 9.09. The molecule has 1 aliphatic heterocycles. The van der Waals surface area contributed by atoms with Crippen molar-refractivity contribution in [3.63, 3.8) is 0 Å². The summed E-state index contributed by atoms with van der Waals surface area (Å²) in [6.45, 7) is 4.01. The third kappa shape index (κ3) is 2.81. The zero-order valence-electron chi connectivity index (χ0n) is 11.5. The van der Waals surface area contributed by atoms with Crippen LogP contribution in [0.25, 0.3) is 0 Å². The van der Waals surface area contributed by atoms with Gasteiger partial charge in [0.2, 0.25) is 0 Å². The Morgan fingerprint density at radius 2 is 1.89 bits per heavy atom. The molecule has 1 amide bonds. The third-order valence-electron chi connectivity index (χ3n) is 3.23. The van der Waals surface area contributed by atoms with Crippen molar-refractivity contribution in [2.45, 2.75) is 6.92 Å². The summed E-state index contributed by atoms with van der Waals surface area (Å²) in [6, 6.07) is 5.27. The molecular formula is C14H19NO4. The van der Waals surface area contributed by atoms with E-state index in [0.717, 1.165) is 0 Å². The monoisotopic (exact) mass is 265 g/mol. The van der Waals surface area contributed by atoms with Gasteiger partial charge < -0.3 is 19.5 Å². The molecule has 1 aromatic rings. The normalized spacial score (nSPS) is 16.4. The first-order valence-corrected chi connectivity index (χ1v) is 6.16. The molecule has 1 saturated heterocycles. The minimum Gasteiger partial charge on any atom is -0.496 e. The van der Waals surface area contributed by atoms with E-state index in [9.17, 15) is 4.79 Å². The molecule has 0 atom stereocenters. The van der Waals surface area contributed by atoms with E-state index in [2.05, 4.69) is 12.2 Å². The van der Waals surface area contributed by atoms with Crippen LogP contribution in [0, 0.1) is 5.41 Å². The van der Waals surface area contributed by atoms with Gasteiger partial charge in [0.1, 0.15) is 17.1 Å². The first-order valence-electron chi connectivity index (χ1n) is 6.16. The topological polar surface area (TPSA) is 56.8 Å². The molecule has 0 aromatic heterocycles. The van der Waals surface area contributed by atoms with Crippen molar-refractivity contribution in [3.05, 3.63) is 23.8 Å². The first kappa shape index (κ1) is 13.7. The van der Waals surface area contributed by atoms with Gasteiger partial charge in [-0.05, 0) is 12.1 Å². The summed E-state index contributed by atoms with van der Waals surface area (Å²) in [7, 11) is 3.07. The fourth-order valence-corrected chi connectivity index (χ4v) is 2.01. The Balaban J connectivity index is 2.13. The Morgan fingerprint density at radius 1 is 1.32 bits per heavy atom. The van der Waals surface area contributed by atoms with Gasteiger partial charge in [0.25, 0.3) is 5.91 Å². The van der Waals surface area contributed by atoms with E-state index in [4.69, 9.17) is 14.2 Å². The lowest BCUT2D eigenvalue weighted by Crippen LogP contribution is -2.48. The number of hydrogen-bond acceptors (Lipinski definition) is 4. The third-order valence-corrected chi connectivity index (χ3v) is 3.23. The molecule has 1 aromatic carbocycles. The number of nitrogens with one attached hydrogen (secondary N) is 1. The second-order valence-corrected chi connectivity index (χ2v) is 5.02. The van der Waals surface area contributed by atoms with Crippen molar-refractivity contribution in [2.75, 3.05) is 34.0 Å². The smallest absolute Gasteiger partial charge is 0.258 e. The Hall–Kier alpha value is -1.75. The van der Waals surface area contributed by atoms with Gasteiger partial charge >= 0.3 is 0 Å². The highest BCUT2D eigenvalue weighted by molar-refractivity contribution is 5.99. The minimum absolute atomic E-state index is 0.0326. The molecule has 0 unspecified atom stereocenters. The molecule has 104 valence electrons. The largest absolute Gasteiger partial charge is 0.496 e. The molecule has 0 aliphatic carbocycles. The van der Waals surface area contributed by atoms with Crippen LogP contribution in [0.2, 0.25) is 0 Å². The molecule has 1 N–H and O–H groups in total. The fraction of sp³-hybridized carbons (Fsp3) is 0.500. The molecule has 1 aliphatic rings. The lowest BCUT2D eigenvalue weighted by molar-refractivity contribution is -0.0978. The average Bonchev–Trinajstić information content (AvgIpc) is 2.41. The summed E-state index contributed by atoms with van der Waals surface area (Å²) in [5.41, 5.74) is 0.460. The van der Waals surface area contributed by atoms with Gasteiger partial charge in [-0.15, -0.1) is 0 Å². The lowest BCUT2D eigenvalue weighted by Gasteiger charge is -2.38. The lowest BCUT2D eigenvalue weighted by atomic mass is 9.88. The number of carbonyl (C=O) groups is 1. The molecule has 5 nitrogen and oxygen atoms in total. The van der Waals surface area contributed by atoms with E-state index < -0.39 is 0 Å². The van der Waals surface area contributed by atoms with E-state index in [-0.39, 0.29) is 11.3 Å². The Morgan fingerprint density at radius 3 is 2.32 bits per heavy atom. The molecular weight excluding hydrogens is 246 g/mol. The van der Waals surface area contributed by atoms with E-state index in [1.54, 1.807) is 18.2 Å². The molecule has 0 spiro atoms. The summed E-state index contributed by atoms with van der Waals surface area (Å²) in [6.07, 6.45) is 0. The molecule has 2 rings (SSSR count). The highest BCUT2D eigenvalue weighted by atomic mass is 16.5. The molecule has 0 saturated carbocycles. The Labute approximate surface area is 112 Å². The van der Waals surface area contributed by atoms with Crippen LogP contribution in [0.3, 0.4) is 0 Å². The maximum absolute atomic E-state index is 12.3. The number of amides is 1. The molecule has 19 heavy (non-hydrogen) atoms. The summed E-state index contributed by atoms with van der Waals surface area (Å²) >= 11 is 0. The van der Waals surface area contributed by atoms with Crippen molar-refractivity contribution in [2.24, 2.45) is 5.41 Å². The fourth-order valence-electron chi connectivity index (χ4n) is 2.01. The van der Waals surface area contributed by atoms with Gasteiger partial charge in [0, 0.05) is 12.0 Å². The number of hydrogen-bond donors (Lipinski definition) is 1. The van der Waals surface area contributed by atoms with Crippen molar-refractivity contribution in [1.82, 2.24) is 5.32 Å². The molecule has 1 heterocycles. The van der Waals surface area contributed by atoms with Crippen molar-refractivity contribution < 1.29 is 19.0 Å². The zero-order valence-corrected chi connectivity index (χ0v) is 11.5. The van der Waals surface area contributed by atoms with Crippen LogP contribution in [0.4, 0.5) is 0 Å². The van der Waals surface area contributed by atoms with Gasteiger partial charge in [-0.3, -0.25) is 4.79 Å². The number of ether oxygens (including phenoxy) is 3. The van der Waals surface area contributed by atoms with Gasteiger partial charge in [-0.25, -0.2) is 0 Å². The zero-order chi connectivity index (χ0) is 13.9. The highest BCUT2D eigenvalue weighted by Gasteiger charge is 2.34. The number of rotatable bonds is 5. The van der Waals surface area contributed by atoms with Gasteiger partial charge in [0.05, 0.1) is 27.4 Å². The van der Waals surface area contributed by atoms with Crippen LogP contribution in [0.1, 0.15) is 17.3 Å².